The maximum absolute atomic E-state index is 5.58. The van der Waals surface area contributed by atoms with Gasteiger partial charge in [0.15, 0.2) is 6.29 Å². The molecule has 0 N–H and O–H groups in total. The first kappa shape index (κ1) is 11.0. The van der Waals surface area contributed by atoms with Crippen LogP contribution >= 0.6 is 11.6 Å². The fourth-order valence-electron chi connectivity index (χ4n) is 1.17. The van der Waals surface area contributed by atoms with Gasteiger partial charge in [0.05, 0.1) is 13.2 Å². The normalized spacial score (nSPS) is 24.8. The highest BCUT2D eigenvalue weighted by Gasteiger charge is 2.28. The van der Waals surface area contributed by atoms with Crippen LogP contribution in [0.1, 0.15) is 20.8 Å². The van der Waals surface area contributed by atoms with E-state index in [1.165, 1.54) is 0 Å². The lowest BCUT2D eigenvalue weighted by molar-refractivity contribution is -0.202. The number of ether oxygens (including phenoxy) is 2. The van der Waals surface area contributed by atoms with Crippen molar-refractivity contribution >= 4 is 11.6 Å². The molecule has 1 saturated heterocycles. The molecule has 0 spiro atoms. The zero-order valence-electron chi connectivity index (χ0n) is 8.47. The standard InChI is InChI=1S/C10H17ClO2/c1-8(4-5-11)9-12-6-10(2,3)7-13-9/h4,9H,5-7H2,1-3H3. The van der Waals surface area contributed by atoms with E-state index in [9.17, 15) is 0 Å². The van der Waals surface area contributed by atoms with Gasteiger partial charge in [-0.25, -0.2) is 0 Å². The van der Waals surface area contributed by atoms with Gasteiger partial charge in [0.25, 0.3) is 0 Å². The summed E-state index contributed by atoms with van der Waals surface area (Å²) in [5.41, 5.74) is 1.20. The van der Waals surface area contributed by atoms with Crippen molar-refractivity contribution in [3.63, 3.8) is 0 Å². The largest absolute Gasteiger partial charge is 0.348 e. The topological polar surface area (TPSA) is 18.5 Å². The van der Waals surface area contributed by atoms with Crippen LogP contribution < -0.4 is 0 Å². The van der Waals surface area contributed by atoms with Crippen LogP contribution in [0.3, 0.4) is 0 Å². The number of halogens is 1. The highest BCUT2D eigenvalue weighted by Crippen LogP contribution is 2.25. The molecule has 0 aromatic heterocycles. The Balaban J connectivity index is 2.45. The summed E-state index contributed by atoms with van der Waals surface area (Å²) in [6.07, 6.45) is 1.73. The van der Waals surface area contributed by atoms with Gasteiger partial charge in [-0.05, 0) is 12.5 Å². The van der Waals surface area contributed by atoms with Gasteiger partial charge in [-0.2, -0.15) is 0 Å². The van der Waals surface area contributed by atoms with Gasteiger partial charge >= 0.3 is 0 Å². The van der Waals surface area contributed by atoms with Crippen LogP contribution in [0.25, 0.3) is 0 Å². The molecular formula is C10H17ClO2. The summed E-state index contributed by atoms with van der Waals surface area (Å²) >= 11 is 5.58. The molecule has 0 amide bonds. The van der Waals surface area contributed by atoms with Crippen molar-refractivity contribution < 1.29 is 9.47 Å². The lowest BCUT2D eigenvalue weighted by Crippen LogP contribution is -2.38. The predicted octanol–water partition coefficient (Wildman–Crippen LogP) is 2.57. The summed E-state index contributed by atoms with van der Waals surface area (Å²) in [5.74, 6) is 0.512. The average Bonchev–Trinajstić information content (AvgIpc) is 2.04. The summed E-state index contributed by atoms with van der Waals surface area (Å²) < 4.78 is 11.1. The Bertz CT molecular complexity index is 189. The molecule has 76 valence electrons. The SMILES string of the molecule is CC(=CCCl)C1OCC(C)(C)CO1. The van der Waals surface area contributed by atoms with Crippen LogP contribution in [0.4, 0.5) is 0 Å². The maximum Gasteiger partial charge on any atom is 0.179 e. The molecule has 0 atom stereocenters. The molecule has 0 saturated carbocycles. The van der Waals surface area contributed by atoms with Gasteiger partial charge in [-0.15, -0.1) is 11.6 Å². The third kappa shape index (κ3) is 3.29. The maximum atomic E-state index is 5.58. The van der Waals surface area contributed by atoms with Crippen LogP contribution in [-0.2, 0) is 9.47 Å². The number of hydrogen-bond donors (Lipinski definition) is 0. The predicted molar refractivity (Wildman–Crippen MR) is 54.0 cm³/mol. The molecule has 0 unspecified atom stereocenters. The summed E-state index contributed by atoms with van der Waals surface area (Å²) in [6, 6.07) is 0. The zero-order valence-corrected chi connectivity index (χ0v) is 9.23. The van der Waals surface area contributed by atoms with Crippen molar-refractivity contribution in [2.24, 2.45) is 5.41 Å². The molecule has 0 bridgehead atoms. The number of rotatable bonds is 2. The van der Waals surface area contributed by atoms with Crippen LogP contribution in [0.5, 0.6) is 0 Å². The molecule has 2 nitrogen and oxygen atoms in total. The molecule has 13 heavy (non-hydrogen) atoms. The van der Waals surface area contributed by atoms with E-state index >= 15 is 0 Å². The first-order valence-electron chi connectivity index (χ1n) is 4.51. The molecule has 1 heterocycles. The quantitative estimate of drug-likeness (QED) is 0.509. The number of alkyl halides is 1. The lowest BCUT2D eigenvalue weighted by Gasteiger charge is -2.34. The summed E-state index contributed by atoms with van der Waals surface area (Å²) in [6.45, 7) is 7.72. The average molecular weight is 205 g/mol. The van der Waals surface area contributed by atoms with Gasteiger partial charge in [0.1, 0.15) is 0 Å². The minimum absolute atomic E-state index is 0.137. The fraction of sp³-hybridized carbons (Fsp3) is 0.800. The van der Waals surface area contributed by atoms with E-state index in [1.807, 2.05) is 13.0 Å². The molecule has 1 rings (SSSR count). The molecule has 1 aliphatic rings. The first-order chi connectivity index (χ1) is 6.05. The van der Waals surface area contributed by atoms with E-state index in [0.717, 1.165) is 18.8 Å². The molecule has 1 aliphatic heterocycles. The Morgan fingerprint density at radius 2 is 2.00 bits per heavy atom. The van der Waals surface area contributed by atoms with E-state index in [0.29, 0.717) is 5.88 Å². The molecule has 0 aliphatic carbocycles. The Hall–Kier alpha value is -0.0500. The van der Waals surface area contributed by atoms with E-state index < -0.39 is 0 Å². The second kappa shape index (κ2) is 4.45. The highest BCUT2D eigenvalue weighted by molar-refractivity contribution is 6.18. The number of hydrogen-bond acceptors (Lipinski definition) is 2. The third-order valence-corrected chi connectivity index (χ3v) is 2.18. The van der Waals surface area contributed by atoms with Gasteiger partial charge in [0.2, 0.25) is 0 Å². The minimum Gasteiger partial charge on any atom is -0.348 e. The van der Waals surface area contributed by atoms with E-state index in [2.05, 4.69) is 13.8 Å². The fourth-order valence-corrected chi connectivity index (χ4v) is 1.42. The lowest BCUT2D eigenvalue weighted by atomic mass is 9.95. The summed E-state index contributed by atoms with van der Waals surface area (Å²) in [5, 5.41) is 0. The second-order valence-corrected chi connectivity index (χ2v) is 4.53. The van der Waals surface area contributed by atoms with Crippen molar-refractivity contribution in [1.29, 1.82) is 0 Å². The molecule has 3 heteroatoms. The Labute approximate surface area is 84.9 Å². The molecule has 0 aromatic rings. The van der Waals surface area contributed by atoms with Crippen LogP contribution in [-0.4, -0.2) is 25.4 Å². The molecule has 1 fully saturated rings. The third-order valence-electron chi connectivity index (χ3n) is 2.02. The van der Waals surface area contributed by atoms with Crippen LogP contribution in [0.2, 0.25) is 0 Å². The molecule has 0 aromatic carbocycles. The van der Waals surface area contributed by atoms with Crippen molar-refractivity contribution in [3.8, 4) is 0 Å². The molecule has 0 radical (unpaired) electrons. The van der Waals surface area contributed by atoms with Crippen molar-refractivity contribution in [3.05, 3.63) is 11.6 Å². The Kier molecular flexibility index (Phi) is 3.77. The summed E-state index contributed by atoms with van der Waals surface area (Å²) in [4.78, 5) is 0. The van der Waals surface area contributed by atoms with Crippen LogP contribution in [0.15, 0.2) is 11.6 Å². The molecular weight excluding hydrogens is 188 g/mol. The van der Waals surface area contributed by atoms with Crippen molar-refractivity contribution in [1.82, 2.24) is 0 Å². The monoisotopic (exact) mass is 204 g/mol. The van der Waals surface area contributed by atoms with E-state index in [1.54, 1.807) is 0 Å². The Morgan fingerprint density at radius 1 is 1.46 bits per heavy atom. The van der Waals surface area contributed by atoms with Gasteiger partial charge in [-0.3, -0.25) is 0 Å². The van der Waals surface area contributed by atoms with Crippen molar-refractivity contribution in [2.45, 2.75) is 27.1 Å². The van der Waals surface area contributed by atoms with Crippen LogP contribution in [0, 0.1) is 5.41 Å². The van der Waals surface area contributed by atoms with E-state index in [-0.39, 0.29) is 11.7 Å². The highest BCUT2D eigenvalue weighted by atomic mass is 35.5. The second-order valence-electron chi connectivity index (χ2n) is 4.22. The minimum atomic E-state index is -0.188. The smallest absolute Gasteiger partial charge is 0.179 e. The van der Waals surface area contributed by atoms with Gasteiger partial charge < -0.3 is 9.47 Å². The Morgan fingerprint density at radius 3 is 2.46 bits per heavy atom. The first-order valence-corrected chi connectivity index (χ1v) is 5.04. The van der Waals surface area contributed by atoms with E-state index in [4.69, 9.17) is 21.1 Å². The summed E-state index contributed by atoms with van der Waals surface area (Å²) in [7, 11) is 0. The van der Waals surface area contributed by atoms with Gasteiger partial charge in [0, 0.05) is 11.3 Å². The van der Waals surface area contributed by atoms with Crippen molar-refractivity contribution in [2.75, 3.05) is 19.1 Å². The zero-order chi connectivity index (χ0) is 9.90. The number of allylic oxidation sites excluding steroid dienone is 1. The van der Waals surface area contributed by atoms with Gasteiger partial charge in [-0.1, -0.05) is 19.9 Å².